The molecule has 0 spiro atoms. The zero-order chi connectivity index (χ0) is 14.0. The van der Waals surface area contributed by atoms with Crippen molar-refractivity contribution in [2.75, 3.05) is 0 Å². The molecule has 2 rings (SSSR count). The predicted octanol–water partition coefficient (Wildman–Crippen LogP) is 6.08. The molecule has 0 bridgehead atoms. The van der Waals surface area contributed by atoms with Crippen molar-refractivity contribution in [1.29, 1.82) is 0 Å². The molecule has 0 fully saturated rings. The van der Waals surface area contributed by atoms with Crippen LogP contribution in [0, 0.1) is 0 Å². The van der Waals surface area contributed by atoms with E-state index in [0.717, 1.165) is 5.75 Å². The van der Waals surface area contributed by atoms with Crippen molar-refractivity contribution >= 4 is 23.2 Å². The second-order valence-electron chi connectivity index (χ2n) is 5.45. The van der Waals surface area contributed by atoms with E-state index >= 15 is 0 Å². The average Bonchev–Trinajstić information content (AvgIpc) is 2.33. The number of hydrogen-bond acceptors (Lipinski definition) is 1. The number of halogens is 2. The lowest BCUT2D eigenvalue weighted by atomic mass is 9.87. The van der Waals surface area contributed by atoms with Crippen molar-refractivity contribution < 1.29 is 4.74 Å². The van der Waals surface area contributed by atoms with E-state index in [0.29, 0.717) is 15.8 Å². The predicted molar refractivity (Wildman–Crippen MR) is 81.7 cm³/mol. The highest BCUT2D eigenvalue weighted by Gasteiger charge is 2.15. The summed E-state index contributed by atoms with van der Waals surface area (Å²) < 4.78 is 5.74. The minimum Gasteiger partial charge on any atom is -0.456 e. The Bertz CT molecular complexity index is 568. The summed E-state index contributed by atoms with van der Waals surface area (Å²) in [6.07, 6.45) is 0. The molecule has 0 aliphatic carbocycles. The molecular weight excluding hydrogens is 279 g/mol. The van der Waals surface area contributed by atoms with Crippen molar-refractivity contribution in [3.8, 4) is 11.5 Å². The minimum atomic E-state index is 0.0719. The fourth-order valence-corrected chi connectivity index (χ4v) is 2.02. The van der Waals surface area contributed by atoms with E-state index in [9.17, 15) is 0 Å². The van der Waals surface area contributed by atoms with Crippen LogP contribution in [0.2, 0.25) is 10.0 Å². The van der Waals surface area contributed by atoms with E-state index in [1.807, 2.05) is 30.3 Å². The lowest BCUT2D eigenvalue weighted by molar-refractivity contribution is 0.481. The van der Waals surface area contributed by atoms with Crippen LogP contribution in [-0.2, 0) is 5.41 Å². The monoisotopic (exact) mass is 294 g/mol. The Morgan fingerprint density at radius 2 is 1.53 bits per heavy atom. The number of rotatable bonds is 2. The normalized spacial score (nSPS) is 11.4. The van der Waals surface area contributed by atoms with Gasteiger partial charge >= 0.3 is 0 Å². The lowest BCUT2D eigenvalue weighted by Crippen LogP contribution is -2.10. The van der Waals surface area contributed by atoms with E-state index in [1.54, 1.807) is 12.1 Å². The number of hydrogen-bond donors (Lipinski definition) is 0. The SMILES string of the molecule is CC(C)(C)c1ccc(Oc2ccc(Cl)cc2)c(Cl)c1. The van der Waals surface area contributed by atoms with Gasteiger partial charge in [0.25, 0.3) is 0 Å². The summed E-state index contributed by atoms with van der Waals surface area (Å²) >= 11 is 12.1. The Kier molecular flexibility index (Phi) is 4.07. The number of ether oxygens (including phenoxy) is 1. The molecule has 0 radical (unpaired) electrons. The summed E-state index contributed by atoms with van der Waals surface area (Å²) in [5.41, 5.74) is 1.25. The van der Waals surface area contributed by atoms with E-state index in [1.165, 1.54) is 5.56 Å². The third-order valence-corrected chi connectivity index (χ3v) is 3.39. The molecule has 0 aliphatic heterocycles. The summed E-state index contributed by atoms with van der Waals surface area (Å²) in [5.74, 6) is 1.37. The molecule has 0 saturated carbocycles. The largest absolute Gasteiger partial charge is 0.456 e. The molecule has 2 aromatic rings. The van der Waals surface area contributed by atoms with E-state index < -0.39 is 0 Å². The second-order valence-corrected chi connectivity index (χ2v) is 6.29. The summed E-state index contributed by atoms with van der Waals surface area (Å²) in [5, 5.41) is 1.30. The highest BCUT2D eigenvalue weighted by molar-refractivity contribution is 6.32. The smallest absolute Gasteiger partial charge is 0.146 e. The fraction of sp³-hybridized carbons (Fsp3) is 0.250. The Balaban J connectivity index is 2.24. The third kappa shape index (κ3) is 3.65. The molecule has 0 saturated heterocycles. The van der Waals surface area contributed by atoms with Crippen LogP contribution in [0.15, 0.2) is 42.5 Å². The molecule has 0 atom stereocenters. The number of benzene rings is 2. The Morgan fingerprint density at radius 3 is 2.05 bits per heavy atom. The molecule has 100 valence electrons. The first kappa shape index (κ1) is 14.2. The van der Waals surface area contributed by atoms with Gasteiger partial charge in [-0.2, -0.15) is 0 Å². The quantitative estimate of drug-likeness (QED) is 0.652. The van der Waals surface area contributed by atoms with Crippen LogP contribution in [0.25, 0.3) is 0 Å². The zero-order valence-corrected chi connectivity index (χ0v) is 12.7. The zero-order valence-electron chi connectivity index (χ0n) is 11.2. The molecule has 0 heterocycles. The summed E-state index contributed by atoms with van der Waals surface area (Å²) in [7, 11) is 0. The second kappa shape index (κ2) is 5.44. The van der Waals surface area contributed by atoms with Crippen molar-refractivity contribution in [2.24, 2.45) is 0 Å². The molecule has 19 heavy (non-hydrogen) atoms. The van der Waals surface area contributed by atoms with Gasteiger partial charge in [0, 0.05) is 5.02 Å². The first-order chi connectivity index (χ1) is 8.86. The highest BCUT2D eigenvalue weighted by Crippen LogP contribution is 2.34. The van der Waals surface area contributed by atoms with Gasteiger partial charge in [0.05, 0.1) is 5.02 Å². The Hall–Kier alpha value is -1.18. The van der Waals surface area contributed by atoms with Gasteiger partial charge in [-0.3, -0.25) is 0 Å². The molecule has 0 aromatic heterocycles. The van der Waals surface area contributed by atoms with Gasteiger partial charge in [-0.15, -0.1) is 0 Å². The molecular formula is C16H16Cl2O. The van der Waals surface area contributed by atoms with Crippen LogP contribution in [0.5, 0.6) is 11.5 Å². The maximum atomic E-state index is 6.27. The van der Waals surface area contributed by atoms with Gasteiger partial charge in [0.1, 0.15) is 11.5 Å². The third-order valence-electron chi connectivity index (χ3n) is 2.84. The molecule has 2 aromatic carbocycles. The first-order valence-corrected chi connectivity index (χ1v) is 6.85. The van der Waals surface area contributed by atoms with Crippen LogP contribution >= 0.6 is 23.2 Å². The van der Waals surface area contributed by atoms with Crippen molar-refractivity contribution in [1.82, 2.24) is 0 Å². The maximum Gasteiger partial charge on any atom is 0.146 e. The van der Waals surface area contributed by atoms with Gasteiger partial charge in [0.15, 0.2) is 0 Å². The Labute approximate surface area is 124 Å². The highest BCUT2D eigenvalue weighted by atomic mass is 35.5. The summed E-state index contributed by atoms with van der Waals surface area (Å²) in [6, 6.07) is 13.1. The van der Waals surface area contributed by atoms with Gasteiger partial charge in [-0.05, 0) is 47.4 Å². The van der Waals surface area contributed by atoms with Crippen molar-refractivity contribution in [3.05, 3.63) is 58.1 Å². The van der Waals surface area contributed by atoms with Gasteiger partial charge in [0.2, 0.25) is 0 Å². The van der Waals surface area contributed by atoms with Crippen molar-refractivity contribution in [2.45, 2.75) is 26.2 Å². The molecule has 1 nitrogen and oxygen atoms in total. The van der Waals surface area contributed by atoms with Crippen LogP contribution in [0.1, 0.15) is 26.3 Å². The van der Waals surface area contributed by atoms with Crippen LogP contribution in [0.4, 0.5) is 0 Å². The van der Waals surface area contributed by atoms with Crippen LogP contribution in [-0.4, -0.2) is 0 Å². The molecule has 0 aliphatic rings. The average molecular weight is 295 g/mol. The maximum absolute atomic E-state index is 6.27. The van der Waals surface area contributed by atoms with Gasteiger partial charge in [-0.1, -0.05) is 50.0 Å². The fourth-order valence-electron chi connectivity index (χ4n) is 1.68. The topological polar surface area (TPSA) is 9.23 Å². The molecule has 3 heteroatoms. The van der Waals surface area contributed by atoms with Crippen LogP contribution < -0.4 is 4.74 Å². The Morgan fingerprint density at radius 1 is 0.895 bits per heavy atom. The van der Waals surface area contributed by atoms with Crippen LogP contribution in [0.3, 0.4) is 0 Å². The van der Waals surface area contributed by atoms with E-state index in [2.05, 4.69) is 20.8 Å². The molecule has 0 unspecified atom stereocenters. The van der Waals surface area contributed by atoms with Crippen molar-refractivity contribution in [3.63, 3.8) is 0 Å². The standard InChI is InChI=1S/C16H16Cl2O/c1-16(2,3)11-4-9-15(14(18)10-11)19-13-7-5-12(17)6-8-13/h4-10H,1-3H3. The summed E-state index contributed by atoms with van der Waals surface area (Å²) in [4.78, 5) is 0. The molecule has 0 amide bonds. The van der Waals surface area contributed by atoms with Gasteiger partial charge < -0.3 is 4.74 Å². The lowest BCUT2D eigenvalue weighted by Gasteiger charge is -2.20. The minimum absolute atomic E-state index is 0.0719. The van der Waals surface area contributed by atoms with E-state index in [-0.39, 0.29) is 5.41 Å². The molecule has 0 N–H and O–H groups in total. The van der Waals surface area contributed by atoms with Gasteiger partial charge in [-0.25, -0.2) is 0 Å². The van der Waals surface area contributed by atoms with E-state index in [4.69, 9.17) is 27.9 Å². The summed E-state index contributed by atoms with van der Waals surface area (Å²) in [6.45, 7) is 6.45. The first-order valence-electron chi connectivity index (χ1n) is 6.10.